The fourth-order valence-electron chi connectivity index (χ4n) is 5.01. The number of alkyl halides is 1. The number of ether oxygens (including phenoxy) is 1. The Kier molecular flexibility index (Phi) is 12.4. The second-order valence-electron chi connectivity index (χ2n) is 9.88. The van der Waals surface area contributed by atoms with Gasteiger partial charge in [-0.1, -0.05) is 120 Å². The Morgan fingerprint density at radius 3 is 1.93 bits per heavy atom. The predicted octanol–water partition coefficient (Wildman–Crippen LogP) is 8.42. The van der Waals surface area contributed by atoms with Crippen molar-refractivity contribution >= 4 is 30.9 Å². The molecule has 0 aliphatic heterocycles. The van der Waals surface area contributed by atoms with Gasteiger partial charge < -0.3 is 9.16 Å². The highest BCUT2D eigenvalue weighted by Crippen LogP contribution is 2.44. The van der Waals surface area contributed by atoms with Crippen molar-refractivity contribution in [2.24, 2.45) is 11.8 Å². The number of hydrogen-bond acceptors (Lipinski definition) is 2. The van der Waals surface area contributed by atoms with Crippen LogP contribution in [0.4, 0.5) is 0 Å². The van der Waals surface area contributed by atoms with Crippen LogP contribution in [0.25, 0.3) is 0 Å². The van der Waals surface area contributed by atoms with Crippen LogP contribution in [0.3, 0.4) is 0 Å². The van der Waals surface area contributed by atoms with Crippen LogP contribution in [-0.2, 0) is 15.8 Å². The second-order valence-corrected chi connectivity index (χ2v) is 16.1. The van der Waals surface area contributed by atoms with E-state index in [1.54, 1.807) is 0 Å². The molecule has 1 aromatic rings. The van der Waals surface area contributed by atoms with E-state index in [0.717, 1.165) is 11.0 Å². The lowest BCUT2D eigenvalue weighted by Crippen LogP contribution is -2.52. The molecule has 0 aliphatic rings. The molecule has 1 rings (SSSR count). The Labute approximate surface area is 201 Å². The summed E-state index contributed by atoms with van der Waals surface area (Å²) in [6, 6.07) is 10.4. The van der Waals surface area contributed by atoms with Crippen LogP contribution in [0.1, 0.15) is 67.9 Å². The van der Waals surface area contributed by atoms with Crippen LogP contribution < -0.4 is 0 Å². The van der Waals surface area contributed by atoms with Gasteiger partial charge in [-0.2, -0.15) is 0 Å². The van der Waals surface area contributed by atoms with Gasteiger partial charge in [-0.15, -0.1) is 0 Å². The van der Waals surface area contributed by atoms with E-state index in [0.29, 0.717) is 35.1 Å². The van der Waals surface area contributed by atoms with Crippen LogP contribution in [0.2, 0.25) is 16.6 Å². The van der Waals surface area contributed by atoms with Gasteiger partial charge in [0, 0.05) is 10.3 Å². The highest BCUT2D eigenvalue weighted by Gasteiger charge is 2.47. The monoisotopic (exact) mass is 544 g/mol. The summed E-state index contributed by atoms with van der Waals surface area (Å²) in [5, 5.41) is 0. The molecular formula is C26H45IO2Si. The topological polar surface area (TPSA) is 18.5 Å². The average Bonchev–Trinajstić information content (AvgIpc) is 2.68. The van der Waals surface area contributed by atoms with Crippen molar-refractivity contribution in [2.45, 2.75) is 91.6 Å². The Hall–Kier alpha value is -0.173. The molecule has 3 atom stereocenters. The molecule has 0 aromatic heterocycles. The smallest absolute Gasteiger partial charge is 0.200 e. The molecule has 0 aliphatic carbocycles. The number of allylic oxidation sites excluding steroid dienone is 1. The summed E-state index contributed by atoms with van der Waals surface area (Å²) < 4.78 is 14.5. The van der Waals surface area contributed by atoms with E-state index in [9.17, 15) is 0 Å². The minimum absolute atomic E-state index is 0.178. The zero-order valence-corrected chi connectivity index (χ0v) is 23.9. The van der Waals surface area contributed by atoms with Crippen LogP contribution in [-0.4, -0.2) is 25.5 Å². The molecule has 0 radical (unpaired) electrons. The van der Waals surface area contributed by atoms with Gasteiger partial charge in [-0.05, 0) is 35.0 Å². The fraction of sp³-hybridized carbons (Fsp3) is 0.692. The maximum atomic E-state index is 7.31. The Morgan fingerprint density at radius 2 is 1.47 bits per heavy atom. The van der Waals surface area contributed by atoms with Gasteiger partial charge in [-0.25, -0.2) is 0 Å². The molecule has 0 saturated carbocycles. The molecule has 172 valence electrons. The molecule has 0 fully saturated rings. The summed E-state index contributed by atoms with van der Waals surface area (Å²) in [6.45, 7) is 22.5. The van der Waals surface area contributed by atoms with Crippen LogP contribution in [0.5, 0.6) is 0 Å². The summed E-state index contributed by atoms with van der Waals surface area (Å²) in [4.78, 5) is 0. The SMILES string of the molecule is C/C(=C/[C@H](C)[C@@H](O[Si](C(C)C)(C(C)C)C(C)C)[C@@H](C)COCc1ccccc1)CI. The van der Waals surface area contributed by atoms with E-state index in [-0.39, 0.29) is 6.10 Å². The highest BCUT2D eigenvalue weighted by molar-refractivity contribution is 14.1. The van der Waals surface area contributed by atoms with Crippen LogP contribution >= 0.6 is 22.6 Å². The predicted molar refractivity (Wildman–Crippen MR) is 143 cm³/mol. The van der Waals surface area contributed by atoms with Crippen LogP contribution in [0, 0.1) is 11.8 Å². The summed E-state index contributed by atoms with van der Waals surface area (Å²) >= 11 is 2.45. The van der Waals surface area contributed by atoms with Gasteiger partial charge in [0.05, 0.1) is 19.3 Å². The molecule has 30 heavy (non-hydrogen) atoms. The molecule has 0 heterocycles. The third-order valence-corrected chi connectivity index (χ3v) is 13.7. The number of benzene rings is 1. The van der Waals surface area contributed by atoms with Gasteiger partial charge in [-0.3, -0.25) is 0 Å². The normalized spacial score (nSPS) is 16.4. The lowest BCUT2D eigenvalue weighted by molar-refractivity contribution is 0.0174. The molecule has 0 bridgehead atoms. The standard InChI is InChI=1S/C26H45IO2Si/c1-19(2)30(20(3)4,21(5)6)29-26(23(8)15-22(7)16-27)24(9)17-28-18-25-13-11-10-12-14-25/h10-15,19-21,23-24,26H,16-18H2,1-9H3/b22-15-/t23-,24-,26+/m0/s1. The zero-order chi connectivity index (χ0) is 22.9. The van der Waals surface area contributed by atoms with Crippen molar-refractivity contribution in [3.63, 3.8) is 0 Å². The van der Waals surface area contributed by atoms with Crippen molar-refractivity contribution in [1.82, 2.24) is 0 Å². The Balaban J connectivity index is 3.08. The first kappa shape index (κ1) is 27.9. The van der Waals surface area contributed by atoms with Gasteiger partial charge >= 0.3 is 0 Å². The molecular weight excluding hydrogens is 499 g/mol. The molecule has 0 N–H and O–H groups in total. The summed E-state index contributed by atoms with van der Waals surface area (Å²) in [5.41, 5.74) is 4.41. The van der Waals surface area contributed by atoms with E-state index in [1.165, 1.54) is 11.1 Å². The minimum Gasteiger partial charge on any atom is -0.412 e. The summed E-state index contributed by atoms with van der Waals surface area (Å²) in [5.74, 6) is 0.711. The van der Waals surface area contributed by atoms with Crippen molar-refractivity contribution < 1.29 is 9.16 Å². The maximum Gasteiger partial charge on any atom is 0.200 e. The molecule has 1 aromatic carbocycles. The first-order chi connectivity index (χ1) is 14.1. The first-order valence-electron chi connectivity index (χ1n) is 11.6. The Morgan fingerprint density at radius 1 is 0.933 bits per heavy atom. The van der Waals surface area contributed by atoms with E-state index < -0.39 is 8.32 Å². The van der Waals surface area contributed by atoms with Gasteiger partial charge in [0.1, 0.15) is 0 Å². The number of halogens is 1. The van der Waals surface area contributed by atoms with Gasteiger partial charge in [0.15, 0.2) is 0 Å². The summed E-state index contributed by atoms with van der Waals surface area (Å²) in [6.07, 6.45) is 2.60. The van der Waals surface area contributed by atoms with Crippen molar-refractivity contribution in [1.29, 1.82) is 0 Å². The summed E-state index contributed by atoms with van der Waals surface area (Å²) in [7, 11) is -1.97. The average molecular weight is 545 g/mol. The van der Waals surface area contributed by atoms with Crippen molar-refractivity contribution in [3.05, 3.63) is 47.5 Å². The van der Waals surface area contributed by atoms with Crippen molar-refractivity contribution in [2.75, 3.05) is 11.0 Å². The zero-order valence-electron chi connectivity index (χ0n) is 20.7. The minimum atomic E-state index is -1.97. The fourth-order valence-corrected chi connectivity index (χ4v) is 11.0. The van der Waals surface area contributed by atoms with E-state index in [1.807, 2.05) is 6.07 Å². The Bertz CT molecular complexity index is 605. The molecule has 2 nitrogen and oxygen atoms in total. The number of rotatable bonds is 13. The quantitative estimate of drug-likeness (QED) is 0.107. The third-order valence-electron chi connectivity index (χ3n) is 6.38. The lowest BCUT2D eigenvalue weighted by atomic mass is 9.92. The van der Waals surface area contributed by atoms with E-state index >= 15 is 0 Å². The third kappa shape index (κ3) is 7.75. The van der Waals surface area contributed by atoms with Crippen molar-refractivity contribution in [3.8, 4) is 0 Å². The van der Waals surface area contributed by atoms with Gasteiger partial charge in [0.2, 0.25) is 8.32 Å². The van der Waals surface area contributed by atoms with E-state index in [4.69, 9.17) is 9.16 Å². The lowest BCUT2D eigenvalue weighted by Gasteiger charge is -2.47. The van der Waals surface area contributed by atoms with Crippen LogP contribution in [0.15, 0.2) is 42.0 Å². The molecule has 0 spiro atoms. The second kappa shape index (κ2) is 13.4. The molecule has 4 heteroatoms. The van der Waals surface area contributed by atoms with E-state index in [2.05, 4.69) is 115 Å². The maximum absolute atomic E-state index is 7.31. The molecule has 0 amide bonds. The number of hydrogen-bond donors (Lipinski definition) is 0. The molecule has 0 saturated heterocycles. The highest BCUT2D eigenvalue weighted by atomic mass is 127. The largest absolute Gasteiger partial charge is 0.412 e. The van der Waals surface area contributed by atoms with Gasteiger partial charge in [0.25, 0.3) is 0 Å². The first-order valence-corrected chi connectivity index (χ1v) is 15.2. The molecule has 0 unspecified atom stereocenters.